The Bertz CT molecular complexity index is 562. The molecule has 0 unspecified atom stereocenters. The number of nitrogens with one attached hydrogen (secondary N) is 2. The van der Waals surface area contributed by atoms with Crippen molar-refractivity contribution in [3.63, 3.8) is 0 Å². The maximum absolute atomic E-state index is 11.9. The summed E-state index contributed by atoms with van der Waals surface area (Å²) in [6.07, 6.45) is 0. The molecule has 0 saturated heterocycles. The van der Waals surface area contributed by atoms with Gasteiger partial charge in [-0.3, -0.25) is 4.79 Å². The molecule has 6 heteroatoms. The minimum absolute atomic E-state index is 0.125. The monoisotopic (exact) mass is 282 g/mol. The van der Waals surface area contributed by atoms with Gasteiger partial charge in [0.25, 0.3) is 0 Å². The summed E-state index contributed by atoms with van der Waals surface area (Å²) in [4.78, 5) is 11.0. The van der Waals surface area contributed by atoms with Crippen LogP contribution in [0.2, 0.25) is 0 Å². The molecule has 104 valence electrons. The van der Waals surface area contributed by atoms with Gasteiger partial charge in [-0.15, -0.1) is 0 Å². The lowest BCUT2D eigenvalue weighted by Crippen LogP contribution is -2.25. The van der Waals surface area contributed by atoms with Crippen molar-refractivity contribution in [2.24, 2.45) is 0 Å². The first kappa shape index (κ1) is 15.4. The van der Waals surface area contributed by atoms with Crippen molar-refractivity contribution in [1.29, 1.82) is 0 Å². The molecule has 0 heterocycles. The fraction of sp³-hybridized carbons (Fsp3) is 0.308. The highest BCUT2D eigenvalue weighted by atomic mass is 32.2. The van der Waals surface area contributed by atoms with E-state index >= 15 is 0 Å². The highest BCUT2D eigenvalue weighted by Crippen LogP contribution is 2.10. The molecular formula is C13H18N2O3S. The van der Waals surface area contributed by atoms with Gasteiger partial charge in [-0.1, -0.05) is 24.3 Å². The Morgan fingerprint density at radius 3 is 2.26 bits per heavy atom. The summed E-state index contributed by atoms with van der Waals surface area (Å²) >= 11 is 0. The Morgan fingerprint density at radius 1 is 1.21 bits per heavy atom. The molecule has 0 aliphatic heterocycles. The first-order chi connectivity index (χ1) is 8.81. The van der Waals surface area contributed by atoms with Crippen LogP contribution in [-0.2, 0) is 21.4 Å². The van der Waals surface area contributed by atoms with Gasteiger partial charge in [0, 0.05) is 20.0 Å². The van der Waals surface area contributed by atoms with Crippen molar-refractivity contribution < 1.29 is 13.2 Å². The highest BCUT2D eigenvalue weighted by Gasteiger charge is 2.12. The number of benzene rings is 1. The molecule has 0 aromatic heterocycles. The van der Waals surface area contributed by atoms with Crippen molar-refractivity contribution in [2.75, 3.05) is 6.54 Å². The summed E-state index contributed by atoms with van der Waals surface area (Å²) in [5.41, 5.74) is 1.58. The van der Waals surface area contributed by atoms with Crippen LogP contribution in [0, 0.1) is 0 Å². The van der Waals surface area contributed by atoms with E-state index in [1.54, 1.807) is 19.1 Å². The lowest BCUT2D eigenvalue weighted by molar-refractivity contribution is -0.119. The van der Waals surface area contributed by atoms with Gasteiger partial charge in [0.2, 0.25) is 15.9 Å². The Hall–Kier alpha value is -1.66. The van der Waals surface area contributed by atoms with Crippen LogP contribution in [0.15, 0.2) is 41.3 Å². The number of carbonyl (C=O) groups is 1. The summed E-state index contributed by atoms with van der Waals surface area (Å²) in [6, 6.07) is 6.37. The van der Waals surface area contributed by atoms with Crippen LogP contribution in [0.25, 0.3) is 0 Å². The largest absolute Gasteiger partial charge is 0.352 e. The zero-order chi connectivity index (χ0) is 14.5. The molecule has 1 aromatic rings. The molecule has 0 fully saturated rings. The van der Waals surface area contributed by atoms with Gasteiger partial charge >= 0.3 is 0 Å². The number of carbonyl (C=O) groups excluding carboxylic acids is 1. The predicted molar refractivity (Wildman–Crippen MR) is 74.0 cm³/mol. The van der Waals surface area contributed by atoms with E-state index in [0.29, 0.717) is 6.54 Å². The molecule has 1 amide bonds. The smallest absolute Gasteiger partial charge is 0.240 e. The molecule has 5 nitrogen and oxygen atoms in total. The first-order valence-corrected chi connectivity index (χ1v) is 7.27. The highest BCUT2D eigenvalue weighted by molar-refractivity contribution is 7.89. The standard InChI is InChI=1S/C13H18N2O3S/c1-10(2)8-15-19(17,18)13-6-4-12(5-7-13)9-14-11(3)16/h4-7,15H,1,8-9H2,2-3H3,(H,14,16). The van der Waals surface area contributed by atoms with Crippen molar-refractivity contribution in [3.8, 4) is 0 Å². The van der Waals surface area contributed by atoms with Gasteiger partial charge in [-0.05, 0) is 24.6 Å². The van der Waals surface area contributed by atoms with E-state index in [-0.39, 0.29) is 17.3 Å². The first-order valence-electron chi connectivity index (χ1n) is 5.78. The average molecular weight is 282 g/mol. The van der Waals surface area contributed by atoms with Gasteiger partial charge < -0.3 is 5.32 Å². The molecule has 0 spiro atoms. The maximum atomic E-state index is 11.9. The molecule has 0 saturated carbocycles. The molecule has 0 aliphatic carbocycles. The summed E-state index contributed by atoms with van der Waals surface area (Å²) in [6.45, 7) is 7.42. The Balaban J connectivity index is 2.74. The molecular weight excluding hydrogens is 264 g/mol. The van der Waals surface area contributed by atoms with Crippen molar-refractivity contribution in [1.82, 2.24) is 10.0 Å². The molecule has 0 atom stereocenters. The third kappa shape index (κ3) is 5.23. The van der Waals surface area contributed by atoms with Crippen LogP contribution in [0.5, 0.6) is 0 Å². The fourth-order valence-corrected chi connectivity index (χ4v) is 2.41. The molecule has 0 aliphatic rings. The second kappa shape index (κ2) is 6.49. The van der Waals surface area contributed by atoms with Crippen molar-refractivity contribution >= 4 is 15.9 Å². The number of rotatable bonds is 6. The van der Waals surface area contributed by atoms with E-state index in [9.17, 15) is 13.2 Å². The lowest BCUT2D eigenvalue weighted by atomic mass is 10.2. The summed E-state index contributed by atoms with van der Waals surface area (Å²) in [7, 11) is -3.50. The molecule has 19 heavy (non-hydrogen) atoms. The number of hydrogen-bond acceptors (Lipinski definition) is 3. The van der Waals surface area contributed by atoms with Crippen LogP contribution in [0.4, 0.5) is 0 Å². The third-order valence-corrected chi connectivity index (χ3v) is 3.76. The Kier molecular flexibility index (Phi) is 5.26. The second-order valence-electron chi connectivity index (χ2n) is 4.34. The molecule has 2 N–H and O–H groups in total. The third-order valence-electron chi connectivity index (χ3n) is 2.34. The van der Waals surface area contributed by atoms with Crippen LogP contribution in [0.1, 0.15) is 19.4 Å². The van der Waals surface area contributed by atoms with Crippen LogP contribution in [-0.4, -0.2) is 20.9 Å². The molecule has 0 radical (unpaired) electrons. The van der Waals surface area contributed by atoms with Crippen LogP contribution < -0.4 is 10.0 Å². The lowest BCUT2D eigenvalue weighted by Gasteiger charge is -2.07. The van der Waals surface area contributed by atoms with E-state index in [4.69, 9.17) is 0 Å². The van der Waals surface area contributed by atoms with Gasteiger partial charge in [-0.25, -0.2) is 13.1 Å². The summed E-state index contributed by atoms with van der Waals surface area (Å²) in [5, 5.41) is 2.64. The predicted octanol–water partition coefficient (Wildman–Crippen LogP) is 1.18. The van der Waals surface area contributed by atoms with E-state index in [1.807, 2.05) is 0 Å². The van der Waals surface area contributed by atoms with E-state index < -0.39 is 10.0 Å². The van der Waals surface area contributed by atoms with Crippen molar-refractivity contribution in [3.05, 3.63) is 42.0 Å². The van der Waals surface area contributed by atoms with Crippen molar-refractivity contribution in [2.45, 2.75) is 25.3 Å². The van der Waals surface area contributed by atoms with E-state index in [0.717, 1.165) is 11.1 Å². The molecule has 1 rings (SSSR count). The van der Waals surface area contributed by atoms with Gasteiger partial charge in [-0.2, -0.15) is 0 Å². The minimum atomic E-state index is -3.50. The molecule has 1 aromatic carbocycles. The number of hydrogen-bond donors (Lipinski definition) is 2. The normalized spacial score (nSPS) is 11.1. The van der Waals surface area contributed by atoms with Crippen LogP contribution in [0.3, 0.4) is 0 Å². The second-order valence-corrected chi connectivity index (χ2v) is 6.10. The zero-order valence-corrected chi connectivity index (χ0v) is 11.9. The van der Waals surface area contributed by atoms with Gasteiger partial charge in [0.1, 0.15) is 0 Å². The average Bonchev–Trinajstić information content (AvgIpc) is 2.34. The maximum Gasteiger partial charge on any atom is 0.240 e. The van der Waals surface area contributed by atoms with Gasteiger partial charge in [0.05, 0.1) is 4.90 Å². The number of amides is 1. The van der Waals surface area contributed by atoms with Crippen LogP contribution >= 0.6 is 0 Å². The molecule has 0 bridgehead atoms. The van der Waals surface area contributed by atoms with E-state index in [1.165, 1.54) is 19.1 Å². The summed E-state index contributed by atoms with van der Waals surface area (Å²) in [5.74, 6) is -0.125. The Labute approximate surface area is 113 Å². The zero-order valence-electron chi connectivity index (χ0n) is 11.1. The fourth-order valence-electron chi connectivity index (χ4n) is 1.31. The SMILES string of the molecule is C=C(C)CNS(=O)(=O)c1ccc(CNC(C)=O)cc1. The van der Waals surface area contributed by atoms with Gasteiger partial charge in [0.15, 0.2) is 0 Å². The summed E-state index contributed by atoms with van der Waals surface area (Å²) < 4.78 is 26.2. The quantitative estimate of drug-likeness (QED) is 0.769. The minimum Gasteiger partial charge on any atom is -0.352 e. The Morgan fingerprint density at radius 2 is 1.79 bits per heavy atom. The number of sulfonamides is 1. The topological polar surface area (TPSA) is 75.3 Å². The van der Waals surface area contributed by atoms with E-state index in [2.05, 4.69) is 16.6 Å².